The van der Waals surface area contributed by atoms with Crippen molar-refractivity contribution in [2.45, 2.75) is 6.54 Å². The lowest BCUT2D eigenvalue weighted by atomic mass is 10.2. The molecule has 1 rings (SSSR count). The lowest BCUT2D eigenvalue weighted by molar-refractivity contribution is 0.397. The van der Waals surface area contributed by atoms with Gasteiger partial charge in [-0.05, 0) is 18.2 Å². The highest BCUT2D eigenvalue weighted by atomic mass is 32.2. The Morgan fingerprint density at radius 1 is 1.22 bits per heavy atom. The third kappa shape index (κ3) is 4.93. The minimum atomic E-state index is -2.93. The number of methoxy groups -OCH3 is 2. The predicted molar refractivity (Wildman–Crippen MR) is 71.0 cm³/mol. The van der Waals surface area contributed by atoms with Crippen LogP contribution in [0, 0.1) is 0 Å². The van der Waals surface area contributed by atoms with Crippen LogP contribution in [0.3, 0.4) is 0 Å². The van der Waals surface area contributed by atoms with Crippen molar-refractivity contribution in [3.63, 3.8) is 0 Å². The zero-order valence-corrected chi connectivity index (χ0v) is 11.7. The Bertz CT molecular complexity index is 485. The molecule has 0 amide bonds. The SMILES string of the molecule is COc1ccc(OC)c(CNCCS(C)(=O)=O)c1. The summed E-state index contributed by atoms with van der Waals surface area (Å²) >= 11 is 0. The van der Waals surface area contributed by atoms with Gasteiger partial charge in [0.05, 0.1) is 20.0 Å². The smallest absolute Gasteiger partial charge is 0.148 e. The second-order valence-electron chi connectivity index (χ2n) is 3.98. The standard InChI is InChI=1S/C12H19NO4S/c1-16-11-4-5-12(17-2)10(8-11)9-13-6-7-18(3,14)15/h4-5,8,13H,6-7,9H2,1-3H3. The Morgan fingerprint density at radius 2 is 1.94 bits per heavy atom. The van der Waals surface area contributed by atoms with Gasteiger partial charge < -0.3 is 14.8 Å². The molecule has 1 N–H and O–H groups in total. The summed E-state index contributed by atoms with van der Waals surface area (Å²) in [6.07, 6.45) is 1.22. The minimum absolute atomic E-state index is 0.124. The van der Waals surface area contributed by atoms with Crippen molar-refractivity contribution in [3.05, 3.63) is 23.8 Å². The van der Waals surface area contributed by atoms with Gasteiger partial charge in [-0.3, -0.25) is 0 Å². The van der Waals surface area contributed by atoms with E-state index >= 15 is 0 Å². The van der Waals surface area contributed by atoms with Gasteiger partial charge in [-0.15, -0.1) is 0 Å². The van der Waals surface area contributed by atoms with Crippen molar-refractivity contribution in [1.82, 2.24) is 5.32 Å². The van der Waals surface area contributed by atoms with Gasteiger partial charge in [-0.25, -0.2) is 8.42 Å². The van der Waals surface area contributed by atoms with Crippen molar-refractivity contribution in [1.29, 1.82) is 0 Å². The molecule has 5 nitrogen and oxygen atoms in total. The van der Waals surface area contributed by atoms with Crippen molar-refractivity contribution >= 4 is 9.84 Å². The highest BCUT2D eigenvalue weighted by molar-refractivity contribution is 7.90. The van der Waals surface area contributed by atoms with Gasteiger partial charge in [0.15, 0.2) is 0 Å². The van der Waals surface area contributed by atoms with Gasteiger partial charge in [-0.2, -0.15) is 0 Å². The molecule has 0 radical (unpaired) electrons. The van der Waals surface area contributed by atoms with Crippen LogP contribution >= 0.6 is 0 Å². The normalized spacial score (nSPS) is 11.3. The summed E-state index contributed by atoms with van der Waals surface area (Å²) in [7, 11) is 0.273. The van der Waals surface area contributed by atoms with Crippen LogP contribution in [0.25, 0.3) is 0 Å². The quantitative estimate of drug-likeness (QED) is 0.746. The third-order valence-electron chi connectivity index (χ3n) is 2.45. The number of benzene rings is 1. The number of sulfone groups is 1. The van der Waals surface area contributed by atoms with Crippen molar-refractivity contribution < 1.29 is 17.9 Å². The number of hydrogen-bond donors (Lipinski definition) is 1. The maximum atomic E-state index is 11.0. The molecule has 1 aromatic carbocycles. The number of rotatable bonds is 7. The van der Waals surface area contributed by atoms with E-state index in [1.807, 2.05) is 18.2 Å². The summed E-state index contributed by atoms with van der Waals surface area (Å²) in [6, 6.07) is 5.51. The first-order valence-corrected chi connectivity index (χ1v) is 7.61. The molecule has 0 aliphatic rings. The van der Waals surface area contributed by atoms with E-state index < -0.39 is 9.84 Å². The topological polar surface area (TPSA) is 64.6 Å². The zero-order chi connectivity index (χ0) is 13.6. The lowest BCUT2D eigenvalue weighted by Crippen LogP contribution is -2.22. The molecule has 1 aromatic rings. The minimum Gasteiger partial charge on any atom is -0.497 e. The summed E-state index contributed by atoms with van der Waals surface area (Å²) in [4.78, 5) is 0. The van der Waals surface area contributed by atoms with E-state index in [0.29, 0.717) is 13.1 Å². The van der Waals surface area contributed by atoms with Crippen molar-refractivity contribution in [2.75, 3.05) is 32.8 Å². The van der Waals surface area contributed by atoms with Crippen LogP contribution in [0.2, 0.25) is 0 Å². The van der Waals surface area contributed by atoms with Crippen LogP contribution in [0.1, 0.15) is 5.56 Å². The number of ether oxygens (including phenoxy) is 2. The second-order valence-corrected chi connectivity index (χ2v) is 6.24. The molecular weight excluding hydrogens is 254 g/mol. The molecule has 0 aliphatic heterocycles. The number of hydrogen-bond acceptors (Lipinski definition) is 5. The monoisotopic (exact) mass is 273 g/mol. The highest BCUT2D eigenvalue weighted by Crippen LogP contribution is 2.23. The summed E-state index contributed by atoms with van der Waals surface area (Å²) in [5, 5.41) is 3.07. The molecule has 0 spiro atoms. The van der Waals surface area contributed by atoms with Gasteiger partial charge in [0.1, 0.15) is 21.3 Å². The molecule has 0 saturated heterocycles. The van der Waals surface area contributed by atoms with Gasteiger partial charge in [0.25, 0.3) is 0 Å². The molecule has 0 fully saturated rings. The van der Waals surface area contributed by atoms with E-state index in [4.69, 9.17) is 9.47 Å². The Labute approximate surface area is 108 Å². The van der Waals surface area contributed by atoms with E-state index in [2.05, 4.69) is 5.32 Å². The molecule has 0 aliphatic carbocycles. The fourth-order valence-electron chi connectivity index (χ4n) is 1.50. The summed E-state index contributed by atoms with van der Waals surface area (Å²) in [5.41, 5.74) is 0.936. The fourth-order valence-corrected chi connectivity index (χ4v) is 2.02. The first-order valence-electron chi connectivity index (χ1n) is 5.55. The largest absolute Gasteiger partial charge is 0.497 e. The molecule has 0 bridgehead atoms. The average molecular weight is 273 g/mol. The Balaban J connectivity index is 2.60. The fraction of sp³-hybridized carbons (Fsp3) is 0.500. The van der Waals surface area contributed by atoms with Gasteiger partial charge in [0, 0.05) is 24.9 Å². The maximum absolute atomic E-state index is 11.0. The van der Waals surface area contributed by atoms with Crippen LogP contribution in [-0.4, -0.2) is 41.2 Å². The van der Waals surface area contributed by atoms with Crippen LogP contribution in [0.5, 0.6) is 11.5 Å². The van der Waals surface area contributed by atoms with Crippen LogP contribution in [0.4, 0.5) is 0 Å². The molecule has 18 heavy (non-hydrogen) atoms. The third-order valence-corrected chi connectivity index (χ3v) is 3.40. The summed E-state index contributed by atoms with van der Waals surface area (Å²) in [6.45, 7) is 0.953. The Morgan fingerprint density at radius 3 is 2.50 bits per heavy atom. The molecule has 0 atom stereocenters. The van der Waals surface area contributed by atoms with E-state index in [-0.39, 0.29) is 5.75 Å². The van der Waals surface area contributed by atoms with Crippen molar-refractivity contribution in [3.8, 4) is 11.5 Å². The summed E-state index contributed by atoms with van der Waals surface area (Å²) < 4.78 is 32.3. The van der Waals surface area contributed by atoms with E-state index in [1.165, 1.54) is 6.26 Å². The van der Waals surface area contributed by atoms with Crippen LogP contribution in [0.15, 0.2) is 18.2 Å². The van der Waals surface area contributed by atoms with E-state index in [9.17, 15) is 8.42 Å². The zero-order valence-electron chi connectivity index (χ0n) is 10.9. The number of nitrogens with one attached hydrogen (secondary N) is 1. The van der Waals surface area contributed by atoms with Gasteiger partial charge >= 0.3 is 0 Å². The molecule has 6 heteroatoms. The first kappa shape index (κ1) is 14.8. The summed E-state index contributed by atoms with van der Waals surface area (Å²) in [5.74, 6) is 1.62. The van der Waals surface area contributed by atoms with Gasteiger partial charge in [-0.1, -0.05) is 0 Å². The average Bonchev–Trinajstić information content (AvgIpc) is 2.33. The van der Waals surface area contributed by atoms with Crippen molar-refractivity contribution in [2.24, 2.45) is 0 Å². The lowest BCUT2D eigenvalue weighted by Gasteiger charge is -2.11. The molecule has 0 heterocycles. The molecule has 0 unspecified atom stereocenters. The first-order chi connectivity index (χ1) is 8.46. The van der Waals surface area contributed by atoms with E-state index in [1.54, 1.807) is 14.2 Å². The van der Waals surface area contributed by atoms with Crippen LogP contribution < -0.4 is 14.8 Å². The predicted octanol–water partition coefficient (Wildman–Crippen LogP) is 0.838. The Kier molecular flexibility index (Phi) is 5.43. The molecular formula is C12H19NO4S. The van der Waals surface area contributed by atoms with Gasteiger partial charge in [0.2, 0.25) is 0 Å². The maximum Gasteiger partial charge on any atom is 0.148 e. The Hall–Kier alpha value is -1.27. The molecule has 102 valence electrons. The molecule has 0 aromatic heterocycles. The second kappa shape index (κ2) is 6.61. The highest BCUT2D eigenvalue weighted by Gasteiger charge is 2.06. The van der Waals surface area contributed by atoms with E-state index in [0.717, 1.165) is 17.1 Å². The molecule has 0 saturated carbocycles. The van der Waals surface area contributed by atoms with Crippen LogP contribution in [-0.2, 0) is 16.4 Å².